The number of benzene rings is 2. The molecule has 2 heterocycles. The molecular formula is C23H24ClN3O3. The lowest BCUT2D eigenvalue weighted by Gasteiger charge is -2.37. The number of amides is 1. The molecule has 0 aliphatic carbocycles. The van der Waals surface area contributed by atoms with Gasteiger partial charge in [0, 0.05) is 53.4 Å². The number of aromatic amines is 1. The number of piperazine rings is 1. The minimum absolute atomic E-state index is 0.0333. The Labute approximate surface area is 180 Å². The maximum atomic E-state index is 13.0. The fourth-order valence-corrected chi connectivity index (χ4v) is 4.38. The number of halogens is 1. The van der Waals surface area contributed by atoms with Crippen molar-refractivity contribution in [1.82, 2.24) is 9.88 Å². The van der Waals surface area contributed by atoms with Crippen molar-refractivity contribution in [2.24, 2.45) is 0 Å². The zero-order valence-electron chi connectivity index (χ0n) is 17.0. The van der Waals surface area contributed by atoms with Crippen molar-refractivity contribution in [1.29, 1.82) is 0 Å². The number of carboxylic acid groups (broad SMARTS) is 1. The van der Waals surface area contributed by atoms with E-state index in [1.807, 2.05) is 4.90 Å². The van der Waals surface area contributed by atoms with Crippen LogP contribution in [0.3, 0.4) is 0 Å². The third kappa shape index (κ3) is 3.87. The van der Waals surface area contributed by atoms with Crippen LogP contribution in [0.1, 0.15) is 27.2 Å². The molecule has 1 aliphatic rings. The summed E-state index contributed by atoms with van der Waals surface area (Å²) in [6.07, 6.45) is 0.0333. The first-order chi connectivity index (χ1) is 14.3. The third-order valence-corrected chi connectivity index (χ3v) is 5.97. The van der Waals surface area contributed by atoms with Crippen molar-refractivity contribution in [3.05, 3.63) is 63.8 Å². The number of nitrogens with zero attached hydrogens (tertiary/aromatic N) is 2. The number of carbonyl (C=O) groups excluding carboxylic acids is 1. The van der Waals surface area contributed by atoms with Crippen molar-refractivity contribution in [2.75, 3.05) is 31.1 Å². The van der Waals surface area contributed by atoms with Gasteiger partial charge in [-0.3, -0.25) is 4.79 Å². The fourth-order valence-electron chi connectivity index (χ4n) is 4.21. The monoisotopic (exact) mass is 425 g/mol. The largest absolute Gasteiger partial charge is 0.477 e. The molecule has 156 valence electrons. The fraction of sp³-hybridized carbons (Fsp3) is 0.304. The Balaban J connectivity index is 1.50. The van der Waals surface area contributed by atoms with Gasteiger partial charge in [0.25, 0.3) is 0 Å². The number of aromatic nitrogens is 1. The summed E-state index contributed by atoms with van der Waals surface area (Å²) in [6, 6.07) is 11.6. The van der Waals surface area contributed by atoms with Crippen LogP contribution in [0.4, 0.5) is 5.69 Å². The van der Waals surface area contributed by atoms with Crippen molar-refractivity contribution in [2.45, 2.75) is 20.3 Å². The molecule has 1 saturated heterocycles. The van der Waals surface area contributed by atoms with E-state index in [4.69, 9.17) is 11.6 Å². The zero-order valence-corrected chi connectivity index (χ0v) is 17.8. The average molecular weight is 426 g/mol. The Bertz CT molecular complexity index is 1130. The Kier molecular flexibility index (Phi) is 5.43. The van der Waals surface area contributed by atoms with Crippen LogP contribution >= 0.6 is 11.6 Å². The lowest BCUT2D eigenvalue weighted by molar-refractivity contribution is -0.130. The van der Waals surface area contributed by atoms with E-state index >= 15 is 0 Å². The number of aryl methyl sites for hydroxylation is 2. The normalized spacial score (nSPS) is 14.4. The summed E-state index contributed by atoms with van der Waals surface area (Å²) in [5, 5.41) is 10.8. The van der Waals surface area contributed by atoms with Gasteiger partial charge in [-0.15, -0.1) is 0 Å². The number of fused-ring (bicyclic) bond motifs is 1. The standard InChI is InChI=1S/C23H24ClN3O3/c1-14-3-6-20(15(2)11-14)26-7-9-27(10-8-26)21(28)13-18-17-12-16(24)4-5-19(17)25-22(18)23(29)30/h3-6,11-12,25H,7-10,13H2,1-2H3,(H,29,30). The van der Waals surface area contributed by atoms with Crippen molar-refractivity contribution >= 4 is 40.1 Å². The molecular weight excluding hydrogens is 402 g/mol. The molecule has 2 N–H and O–H groups in total. The summed E-state index contributed by atoms with van der Waals surface area (Å²) < 4.78 is 0. The van der Waals surface area contributed by atoms with Crippen LogP contribution in [0, 0.1) is 13.8 Å². The van der Waals surface area contributed by atoms with Gasteiger partial charge in [0.15, 0.2) is 0 Å². The van der Waals surface area contributed by atoms with Gasteiger partial charge >= 0.3 is 5.97 Å². The summed E-state index contributed by atoms with van der Waals surface area (Å²) in [6.45, 7) is 6.91. The number of H-pyrrole nitrogens is 1. The van der Waals surface area contributed by atoms with Gasteiger partial charge in [-0.25, -0.2) is 4.79 Å². The molecule has 1 aromatic heterocycles. The summed E-state index contributed by atoms with van der Waals surface area (Å²) >= 11 is 6.10. The van der Waals surface area contributed by atoms with Gasteiger partial charge < -0.3 is 19.9 Å². The maximum absolute atomic E-state index is 13.0. The highest BCUT2D eigenvalue weighted by atomic mass is 35.5. The molecule has 0 atom stereocenters. The lowest BCUT2D eigenvalue weighted by atomic mass is 10.1. The van der Waals surface area contributed by atoms with Gasteiger partial charge in [0.05, 0.1) is 6.42 Å². The molecule has 0 spiro atoms. The molecule has 4 rings (SSSR count). The molecule has 0 radical (unpaired) electrons. The van der Waals surface area contributed by atoms with Crippen LogP contribution in [0.15, 0.2) is 36.4 Å². The highest BCUT2D eigenvalue weighted by Gasteiger charge is 2.25. The quantitative estimate of drug-likeness (QED) is 0.661. The summed E-state index contributed by atoms with van der Waals surface area (Å²) in [4.78, 5) is 31.7. The molecule has 0 unspecified atom stereocenters. The molecule has 0 bridgehead atoms. The van der Waals surface area contributed by atoms with Crippen molar-refractivity contribution in [3.8, 4) is 0 Å². The van der Waals surface area contributed by atoms with Crippen LogP contribution in [0.25, 0.3) is 10.9 Å². The van der Waals surface area contributed by atoms with Crippen LogP contribution in [-0.4, -0.2) is 53.0 Å². The molecule has 1 amide bonds. The minimum atomic E-state index is -1.08. The SMILES string of the molecule is Cc1ccc(N2CCN(C(=O)Cc3c(C(=O)O)[nH]c4ccc(Cl)cc34)CC2)c(C)c1. The minimum Gasteiger partial charge on any atom is -0.477 e. The number of hydrogen-bond acceptors (Lipinski definition) is 3. The lowest BCUT2D eigenvalue weighted by Crippen LogP contribution is -2.49. The number of carbonyl (C=O) groups is 2. The molecule has 0 saturated carbocycles. The van der Waals surface area contributed by atoms with E-state index in [0.717, 1.165) is 13.1 Å². The molecule has 1 aliphatic heterocycles. The van der Waals surface area contributed by atoms with Gasteiger partial charge in [0.1, 0.15) is 5.69 Å². The summed E-state index contributed by atoms with van der Waals surface area (Å²) in [5.41, 5.74) is 4.87. The van der Waals surface area contributed by atoms with Crippen LogP contribution in [0.2, 0.25) is 5.02 Å². The molecule has 30 heavy (non-hydrogen) atoms. The predicted molar refractivity (Wildman–Crippen MR) is 119 cm³/mol. The second-order valence-electron chi connectivity index (χ2n) is 7.81. The first kappa shape index (κ1) is 20.3. The maximum Gasteiger partial charge on any atom is 0.352 e. The van der Waals surface area contributed by atoms with E-state index in [2.05, 4.69) is 41.9 Å². The third-order valence-electron chi connectivity index (χ3n) is 5.74. The van der Waals surface area contributed by atoms with E-state index in [9.17, 15) is 14.7 Å². The zero-order chi connectivity index (χ0) is 21.4. The number of anilines is 1. The predicted octanol–water partition coefficient (Wildman–Crippen LogP) is 4.03. The Morgan fingerprint density at radius 2 is 1.80 bits per heavy atom. The van der Waals surface area contributed by atoms with Crippen LogP contribution < -0.4 is 4.90 Å². The van der Waals surface area contributed by atoms with Gasteiger partial charge in [-0.2, -0.15) is 0 Å². The number of nitrogens with one attached hydrogen (secondary N) is 1. The molecule has 3 aromatic rings. The van der Waals surface area contributed by atoms with Gasteiger partial charge in [-0.1, -0.05) is 29.3 Å². The highest BCUT2D eigenvalue weighted by Crippen LogP contribution is 2.27. The number of rotatable bonds is 4. The number of hydrogen-bond donors (Lipinski definition) is 2. The second-order valence-corrected chi connectivity index (χ2v) is 8.24. The summed E-state index contributed by atoms with van der Waals surface area (Å²) in [7, 11) is 0. The van der Waals surface area contributed by atoms with Crippen LogP contribution in [0.5, 0.6) is 0 Å². The highest BCUT2D eigenvalue weighted by molar-refractivity contribution is 6.31. The molecule has 2 aromatic carbocycles. The van der Waals surface area contributed by atoms with E-state index in [0.29, 0.717) is 34.6 Å². The van der Waals surface area contributed by atoms with E-state index < -0.39 is 5.97 Å². The van der Waals surface area contributed by atoms with Crippen molar-refractivity contribution < 1.29 is 14.7 Å². The molecule has 6 nitrogen and oxygen atoms in total. The number of aromatic carboxylic acids is 1. The van der Waals surface area contributed by atoms with Gasteiger partial charge in [0.2, 0.25) is 5.91 Å². The summed E-state index contributed by atoms with van der Waals surface area (Å²) in [5.74, 6) is -1.15. The Morgan fingerprint density at radius 1 is 1.07 bits per heavy atom. The first-order valence-corrected chi connectivity index (χ1v) is 10.3. The van der Waals surface area contributed by atoms with E-state index in [1.165, 1.54) is 16.8 Å². The Morgan fingerprint density at radius 3 is 2.47 bits per heavy atom. The average Bonchev–Trinajstić information content (AvgIpc) is 3.06. The Hall–Kier alpha value is -2.99. The van der Waals surface area contributed by atoms with E-state index in [1.54, 1.807) is 18.2 Å². The number of carboxylic acids is 1. The van der Waals surface area contributed by atoms with Gasteiger partial charge in [-0.05, 0) is 43.7 Å². The first-order valence-electron chi connectivity index (χ1n) is 9.97. The topological polar surface area (TPSA) is 76.6 Å². The molecule has 7 heteroatoms. The van der Waals surface area contributed by atoms with Crippen molar-refractivity contribution in [3.63, 3.8) is 0 Å². The second kappa shape index (κ2) is 8.03. The molecule has 1 fully saturated rings. The smallest absolute Gasteiger partial charge is 0.352 e. The van der Waals surface area contributed by atoms with E-state index in [-0.39, 0.29) is 18.0 Å². The van der Waals surface area contributed by atoms with Crippen LogP contribution in [-0.2, 0) is 11.2 Å².